The van der Waals surface area contributed by atoms with E-state index >= 15 is 0 Å². The minimum Gasteiger partial charge on any atom is -0.507 e. The highest BCUT2D eigenvalue weighted by Gasteiger charge is 2.61. The summed E-state index contributed by atoms with van der Waals surface area (Å²) in [5.74, 6) is 5.93. The first-order valence-corrected chi connectivity index (χ1v) is 28.7. The van der Waals surface area contributed by atoms with E-state index in [1.54, 1.807) is 0 Å². The lowest BCUT2D eigenvalue weighted by atomic mass is 9.41. The molecular weight excluding hydrogens is 841 g/mol. The number of rotatable bonds is 10. The summed E-state index contributed by atoms with van der Waals surface area (Å²) in [6.45, 7) is 14.2. The van der Waals surface area contributed by atoms with Crippen LogP contribution >= 0.6 is 23.5 Å². The molecule has 0 spiro atoms. The molecule has 0 radical (unpaired) electrons. The van der Waals surface area contributed by atoms with Gasteiger partial charge in [-0.15, -0.1) is 0 Å². The average molecular weight is 921 g/mol. The summed E-state index contributed by atoms with van der Waals surface area (Å²) in [6.07, 6.45) is 22.9. The van der Waals surface area contributed by atoms with Crippen molar-refractivity contribution in [2.75, 3.05) is 0 Å². The monoisotopic (exact) mass is 921 g/mol. The molecular formula is C62H80O2S2. The van der Waals surface area contributed by atoms with E-state index < -0.39 is 0 Å². The summed E-state index contributed by atoms with van der Waals surface area (Å²) < 4.78 is 0. The molecule has 8 bridgehead atoms. The Kier molecular flexibility index (Phi) is 11.7. The molecule has 2 N–H and O–H groups in total. The van der Waals surface area contributed by atoms with Gasteiger partial charge in [-0.05, 0) is 157 Å². The van der Waals surface area contributed by atoms with Crippen molar-refractivity contribution in [3.8, 4) is 11.5 Å². The van der Waals surface area contributed by atoms with Crippen LogP contribution in [0.3, 0.4) is 0 Å². The summed E-state index contributed by atoms with van der Waals surface area (Å²) in [5, 5.41) is 26.4. The normalized spacial score (nSPS) is 34.9. The van der Waals surface area contributed by atoms with Crippen LogP contribution in [0.15, 0.2) is 84.9 Å². The lowest BCUT2D eigenvalue weighted by Gasteiger charge is -2.63. The summed E-state index contributed by atoms with van der Waals surface area (Å²) in [5.41, 5.74) is 11.3. The molecule has 9 saturated carbocycles. The van der Waals surface area contributed by atoms with Crippen LogP contribution in [-0.2, 0) is 44.0 Å². The zero-order valence-corrected chi connectivity index (χ0v) is 43.0. The Morgan fingerprint density at radius 2 is 0.818 bits per heavy atom. The fraction of sp³-hybridized carbons (Fsp3) is 0.613. The summed E-state index contributed by atoms with van der Waals surface area (Å²) in [7, 11) is 0. The van der Waals surface area contributed by atoms with Crippen LogP contribution in [0.25, 0.3) is 0 Å². The number of hydrogen-bond acceptors (Lipinski definition) is 4. The minimum absolute atomic E-state index is 0.000648. The van der Waals surface area contributed by atoms with Crippen LogP contribution in [0.1, 0.15) is 202 Å². The van der Waals surface area contributed by atoms with Gasteiger partial charge in [0.25, 0.3) is 0 Å². The van der Waals surface area contributed by atoms with Gasteiger partial charge in [-0.25, -0.2) is 0 Å². The van der Waals surface area contributed by atoms with E-state index in [0.29, 0.717) is 22.0 Å². The Labute approximate surface area is 407 Å². The third-order valence-electron chi connectivity index (χ3n) is 19.2. The minimum atomic E-state index is 0.000648. The molecule has 0 heterocycles. The molecule has 4 aromatic carbocycles. The van der Waals surface area contributed by atoms with E-state index in [0.717, 1.165) is 35.2 Å². The average Bonchev–Trinajstić information content (AvgIpc) is 3.25. The van der Waals surface area contributed by atoms with Gasteiger partial charge in [0.15, 0.2) is 0 Å². The van der Waals surface area contributed by atoms with Crippen LogP contribution < -0.4 is 0 Å². The quantitative estimate of drug-likeness (QED) is 0.166. The first kappa shape index (κ1) is 45.6. The van der Waals surface area contributed by atoms with Gasteiger partial charge in [-0.2, -0.15) is 23.5 Å². The lowest BCUT2D eigenvalue weighted by molar-refractivity contribution is -0.0292. The summed E-state index contributed by atoms with van der Waals surface area (Å²) in [4.78, 5) is 0. The van der Waals surface area contributed by atoms with Crippen LogP contribution in [0, 0.1) is 23.7 Å². The molecule has 352 valence electrons. The van der Waals surface area contributed by atoms with Crippen molar-refractivity contribution in [2.45, 2.75) is 212 Å². The van der Waals surface area contributed by atoms with Crippen molar-refractivity contribution in [2.24, 2.45) is 23.7 Å². The van der Waals surface area contributed by atoms with Gasteiger partial charge in [-0.3, -0.25) is 0 Å². The van der Waals surface area contributed by atoms with E-state index in [2.05, 4.69) is 150 Å². The van der Waals surface area contributed by atoms with Gasteiger partial charge in [0.05, 0.1) is 0 Å². The van der Waals surface area contributed by atoms with Gasteiger partial charge in [0, 0.05) is 55.1 Å². The maximum Gasteiger partial charge on any atom is 0.123 e. The van der Waals surface area contributed by atoms with Crippen molar-refractivity contribution >= 4 is 23.5 Å². The molecule has 0 amide bonds. The van der Waals surface area contributed by atoms with E-state index in [4.69, 9.17) is 0 Å². The second-order valence-electron chi connectivity index (χ2n) is 26.0. The summed E-state index contributed by atoms with van der Waals surface area (Å²) in [6, 6.07) is 32.7. The Hall–Kier alpha value is -2.82. The Morgan fingerprint density at radius 3 is 1.17 bits per heavy atom. The van der Waals surface area contributed by atoms with Crippen molar-refractivity contribution in [3.63, 3.8) is 0 Å². The third-order valence-corrected chi connectivity index (χ3v) is 22.3. The predicted molar refractivity (Wildman–Crippen MR) is 280 cm³/mol. The molecule has 0 saturated heterocycles. The first-order valence-electron chi connectivity index (χ1n) is 26.6. The van der Waals surface area contributed by atoms with Crippen molar-refractivity contribution < 1.29 is 10.2 Å². The molecule has 0 aliphatic heterocycles. The van der Waals surface area contributed by atoms with Gasteiger partial charge < -0.3 is 10.2 Å². The van der Waals surface area contributed by atoms with Gasteiger partial charge in [0.1, 0.15) is 11.5 Å². The van der Waals surface area contributed by atoms with Gasteiger partial charge >= 0.3 is 0 Å². The lowest BCUT2D eigenvalue weighted by Crippen LogP contribution is -2.56. The number of thioether (sulfide) groups is 2. The molecule has 5 unspecified atom stereocenters. The zero-order valence-electron chi connectivity index (χ0n) is 41.4. The molecule has 2 nitrogen and oxygen atoms in total. The highest BCUT2D eigenvalue weighted by molar-refractivity contribution is 8.03. The third kappa shape index (κ3) is 8.22. The molecule has 4 heteroatoms. The molecule has 9 aliphatic rings. The maximum atomic E-state index is 12.7. The fourth-order valence-corrected chi connectivity index (χ4v) is 20.0. The van der Waals surface area contributed by atoms with E-state index in [1.807, 2.05) is 0 Å². The van der Waals surface area contributed by atoms with E-state index in [1.165, 1.54) is 160 Å². The number of hydrogen-bond donors (Lipinski definition) is 2. The first-order chi connectivity index (χ1) is 31.5. The molecule has 66 heavy (non-hydrogen) atoms. The topological polar surface area (TPSA) is 40.5 Å². The predicted octanol–water partition coefficient (Wildman–Crippen LogP) is 16.5. The Bertz CT molecular complexity index is 2210. The van der Waals surface area contributed by atoms with Crippen molar-refractivity contribution in [1.29, 1.82) is 0 Å². The highest BCUT2D eigenvalue weighted by Crippen LogP contribution is 2.69. The molecule has 4 aromatic rings. The second-order valence-corrected chi connectivity index (χ2v) is 28.5. The molecule has 13 rings (SSSR count). The van der Waals surface area contributed by atoms with Gasteiger partial charge in [-0.1, -0.05) is 152 Å². The fourth-order valence-electron chi connectivity index (χ4n) is 16.9. The smallest absolute Gasteiger partial charge is 0.123 e. The molecule has 0 aromatic heterocycles. The number of phenolic OH excluding ortho intramolecular Hbond substituents is 2. The van der Waals surface area contributed by atoms with E-state index in [-0.39, 0.29) is 32.5 Å². The zero-order chi connectivity index (χ0) is 45.7. The Morgan fingerprint density at radius 1 is 0.470 bits per heavy atom. The highest BCUT2D eigenvalue weighted by atomic mass is 32.2. The van der Waals surface area contributed by atoms with E-state index in [9.17, 15) is 10.2 Å². The number of phenols is 2. The Balaban J connectivity index is 0.881. The standard InChI is InChI=1S/C62H80O2S2/c1-57(2,3)49-25-45(55(63)51(27-49)61-33-41-23-42(34-61)30-59(29-41,39-61)47-17-11-9-12-18-47)37-65-53-21-15-7-8-16-22-54(53)66-38-46-26-50(58(4,5)6)28-52(56(46)64)62-35-43-24-44(36-62)32-60(31-43,40-62)48-19-13-10-14-20-48/h9-14,17-20,25-28,41-44,53-54,63-64H,7-8,15-16,21-24,29-40H2,1-6H3/t41?,42?,43?,44?,53-,54?,59?,60?,61?,62?/m0/s1. The number of aromatic hydroxyl groups is 2. The molecule has 9 fully saturated rings. The van der Waals surface area contributed by atoms with Gasteiger partial charge in [0.2, 0.25) is 0 Å². The second kappa shape index (κ2) is 16.9. The number of benzene rings is 4. The molecule has 9 aliphatic carbocycles. The largest absolute Gasteiger partial charge is 0.507 e. The van der Waals surface area contributed by atoms with Crippen LogP contribution in [-0.4, -0.2) is 20.7 Å². The van der Waals surface area contributed by atoms with Crippen LogP contribution in [0.5, 0.6) is 11.5 Å². The molecule has 6 atom stereocenters. The van der Waals surface area contributed by atoms with Crippen LogP contribution in [0.2, 0.25) is 0 Å². The SMILES string of the molecule is CC(C)(C)c1cc(CSC2CCCCCC[C@@H]2SCc2cc(C(C)(C)C)cc(C34CC5CC(CC(c6ccccc6)(C5)C3)C4)c2O)c(O)c(C23CC4CC(CC(c5ccccc5)(C4)C2)C3)c1. The van der Waals surface area contributed by atoms with Crippen molar-refractivity contribution in [1.82, 2.24) is 0 Å². The van der Waals surface area contributed by atoms with Crippen molar-refractivity contribution in [3.05, 3.63) is 129 Å². The van der Waals surface area contributed by atoms with Crippen LogP contribution in [0.4, 0.5) is 0 Å². The summed E-state index contributed by atoms with van der Waals surface area (Å²) >= 11 is 4.28. The maximum absolute atomic E-state index is 12.7.